The zero-order chi connectivity index (χ0) is 15.9. The van der Waals surface area contributed by atoms with E-state index in [2.05, 4.69) is 53.9 Å². The van der Waals surface area contributed by atoms with Crippen molar-refractivity contribution in [2.24, 2.45) is 11.8 Å². The van der Waals surface area contributed by atoms with E-state index in [4.69, 9.17) is 0 Å². The first-order chi connectivity index (χ1) is 11.9. The highest BCUT2D eigenvalue weighted by molar-refractivity contribution is 5.47. The predicted octanol–water partition coefficient (Wildman–Crippen LogP) is 2.65. The number of rotatable bonds is 1. The van der Waals surface area contributed by atoms with Crippen molar-refractivity contribution < 1.29 is 0 Å². The molecule has 24 heavy (non-hydrogen) atoms. The third-order valence-electron chi connectivity index (χ3n) is 6.40. The summed E-state index contributed by atoms with van der Waals surface area (Å²) in [7, 11) is 0. The van der Waals surface area contributed by atoms with Gasteiger partial charge in [0, 0.05) is 0 Å². The van der Waals surface area contributed by atoms with E-state index in [1.165, 1.54) is 59.6 Å². The number of benzene rings is 2. The minimum absolute atomic E-state index is 0.850. The summed E-state index contributed by atoms with van der Waals surface area (Å²) in [6.45, 7) is 2.42. The molecule has 0 amide bonds. The Morgan fingerprint density at radius 1 is 0.750 bits per heavy atom. The van der Waals surface area contributed by atoms with Crippen LogP contribution >= 0.6 is 0 Å². The quantitative estimate of drug-likeness (QED) is 0.853. The summed E-state index contributed by atoms with van der Waals surface area (Å²) in [5.74, 6) is 1.76. The Balaban J connectivity index is 1.64. The van der Waals surface area contributed by atoms with Crippen LogP contribution in [0.1, 0.15) is 30.4 Å². The normalized spacial score (nSPS) is 22.6. The van der Waals surface area contributed by atoms with E-state index >= 15 is 0 Å². The van der Waals surface area contributed by atoms with Crippen molar-refractivity contribution in [3.63, 3.8) is 0 Å². The Kier molecular flexibility index (Phi) is 3.56. The monoisotopic (exact) mass is 315 g/mol. The number of nitrogens with one attached hydrogen (secondary N) is 1. The molecular weight excluding hydrogens is 290 g/mol. The van der Waals surface area contributed by atoms with Gasteiger partial charge in [-0.15, -0.1) is 0 Å². The van der Waals surface area contributed by atoms with Gasteiger partial charge in [0.1, 0.15) is 0 Å². The van der Waals surface area contributed by atoms with Gasteiger partial charge in [0.2, 0.25) is 0 Å². The lowest BCUT2D eigenvalue weighted by Crippen LogP contribution is -2.34. The highest BCUT2D eigenvalue weighted by Crippen LogP contribution is 2.31. The largest absolute Gasteiger partial charge is 0.317 e. The summed E-state index contributed by atoms with van der Waals surface area (Å²) in [5, 5.41) is 9.33. The Labute approximate surface area is 143 Å². The lowest BCUT2D eigenvalue weighted by Gasteiger charge is -2.33. The Morgan fingerprint density at radius 3 is 2.54 bits per heavy atom. The predicted molar refractivity (Wildman–Crippen MR) is 99.8 cm³/mol. The fraction of sp³-hybridized carbons (Fsp3) is 0.391. The van der Waals surface area contributed by atoms with Gasteiger partial charge in [-0.1, -0.05) is 48.6 Å². The van der Waals surface area contributed by atoms with Gasteiger partial charge in [-0.25, -0.2) is 0 Å². The molecule has 122 valence electrons. The van der Waals surface area contributed by atoms with Crippen LogP contribution in [0.4, 0.5) is 0 Å². The Morgan fingerprint density at radius 2 is 1.62 bits per heavy atom. The molecule has 1 aliphatic heterocycles. The van der Waals surface area contributed by atoms with Crippen LogP contribution in [0, 0.1) is 22.3 Å². The fourth-order valence-corrected chi connectivity index (χ4v) is 5.06. The number of hydrogen-bond acceptors (Lipinski definition) is 1. The topological polar surface area (TPSA) is 12.0 Å². The molecule has 0 aromatic heterocycles. The van der Waals surface area contributed by atoms with Crippen LogP contribution in [-0.2, 0) is 12.8 Å². The summed E-state index contributed by atoms with van der Waals surface area (Å²) in [4.78, 5) is 0. The molecule has 2 aromatic rings. The SMILES string of the molecule is C1=c2ccc3c(c2CC(C2CCNCC2)C1)CC=c1ccccc1=3. The molecule has 1 heteroatoms. The number of piperidine rings is 1. The molecule has 1 N–H and O–H groups in total. The van der Waals surface area contributed by atoms with E-state index in [1.807, 2.05) is 0 Å². The van der Waals surface area contributed by atoms with E-state index in [9.17, 15) is 0 Å². The van der Waals surface area contributed by atoms with Crippen LogP contribution in [0.25, 0.3) is 12.2 Å². The molecular formula is C23H25N. The average molecular weight is 315 g/mol. The number of hydrogen-bond donors (Lipinski definition) is 1. The van der Waals surface area contributed by atoms with Crippen molar-refractivity contribution in [2.45, 2.75) is 32.1 Å². The first-order valence-electron chi connectivity index (χ1n) is 9.51. The zero-order valence-corrected chi connectivity index (χ0v) is 14.2. The molecule has 0 spiro atoms. The van der Waals surface area contributed by atoms with Crippen molar-refractivity contribution in [3.8, 4) is 0 Å². The van der Waals surface area contributed by atoms with Gasteiger partial charge < -0.3 is 5.32 Å². The minimum atomic E-state index is 0.850. The highest BCUT2D eigenvalue weighted by Gasteiger charge is 2.26. The van der Waals surface area contributed by atoms with Crippen molar-refractivity contribution in [2.75, 3.05) is 13.1 Å². The van der Waals surface area contributed by atoms with Crippen LogP contribution in [0.2, 0.25) is 0 Å². The second-order valence-electron chi connectivity index (χ2n) is 7.65. The van der Waals surface area contributed by atoms with E-state index in [0.717, 1.165) is 18.3 Å². The smallest absolute Gasteiger partial charge is 0.00462 e. The second-order valence-corrected chi connectivity index (χ2v) is 7.65. The van der Waals surface area contributed by atoms with Crippen molar-refractivity contribution in [1.29, 1.82) is 0 Å². The molecule has 0 saturated carbocycles. The third kappa shape index (κ3) is 2.34. The molecule has 0 radical (unpaired) electrons. The lowest BCUT2D eigenvalue weighted by atomic mass is 9.75. The molecule has 1 fully saturated rings. The highest BCUT2D eigenvalue weighted by atomic mass is 14.9. The van der Waals surface area contributed by atoms with Crippen molar-refractivity contribution in [1.82, 2.24) is 5.32 Å². The fourth-order valence-electron chi connectivity index (χ4n) is 5.06. The van der Waals surface area contributed by atoms with E-state index in [-0.39, 0.29) is 0 Å². The molecule has 5 rings (SSSR count). The summed E-state index contributed by atoms with van der Waals surface area (Å²) in [6.07, 6.45) is 11.3. The maximum Gasteiger partial charge on any atom is -0.00462 e. The molecule has 1 heterocycles. The molecule has 2 aliphatic carbocycles. The standard InChI is InChI=1S/C23H25N/c1-2-4-20-17(3-1)7-10-22-21(20)9-8-18-5-6-19(15-23(18)22)16-11-13-24-14-12-16/h1-5,7-9,16,19,24H,6,10-15H2. The first kappa shape index (κ1) is 14.5. The van der Waals surface area contributed by atoms with E-state index in [1.54, 1.807) is 11.1 Å². The summed E-state index contributed by atoms with van der Waals surface area (Å²) in [5.41, 5.74) is 3.24. The molecule has 1 atom stereocenters. The average Bonchev–Trinajstić information content (AvgIpc) is 2.67. The zero-order valence-electron chi connectivity index (χ0n) is 14.2. The van der Waals surface area contributed by atoms with E-state index < -0.39 is 0 Å². The van der Waals surface area contributed by atoms with Crippen LogP contribution in [0.15, 0.2) is 36.4 Å². The molecule has 1 unspecified atom stereocenters. The Bertz CT molecular complexity index is 980. The maximum absolute atomic E-state index is 3.52. The second kappa shape index (κ2) is 5.89. The minimum Gasteiger partial charge on any atom is -0.317 e. The maximum atomic E-state index is 3.52. The van der Waals surface area contributed by atoms with Gasteiger partial charge in [0.25, 0.3) is 0 Å². The Hall–Kier alpha value is -1.86. The molecule has 2 aromatic carbocycles. The van der Waals surface area contributed by atoms with E-state index in [0.29, 0.717) is 0 Å². The summed E-state index contributed by atoms with van der Waals surface area (Å²) >= 11 is 0. The van der Waals surface area contributed by atoms with Crippen LogP contribution in [0.5, 0.6) is 0 Å². The van der Waals surface area contributed by atoms with Gasteiger partial charge in [0.05, 0.1) is 0 Å². The molecule has 1 saturated heterocycles. The van der Waals surface area contributed by atoms with Crippen molar-refractivity contribution in [3.05, 3.63) is 68.4 Å². The lowest BCUT2D eigenvalue weighted by molar-refractivity contribution is 0.259. The van der Waals surface area contributed by atoms with Gasteiger partial charge in [-0.3, -0.25) is 0 Å². The first-order valence-corrected chi connectivity index (χ1v) is 9.51. The van der Waals surface area contributed by atoms with Crippen LogP contribution in [0.3, 0.4) is 0 Å². The van der Waals surface area contributed by atoms with Crippen LogP contribution < -0.4 is 15.8 Å². The summed E-state index contributed by atoms with van der Waals surface area (Å²) in [6, 6.07) is 13.6. The van der Waals surface area contributed by atoms with Gasteiger partial charge in [0.15, 0.2) is 0 Å². The van der Waals surface area contributed by atoms with Gasteiger partial charge >= 0.3 is 0 Å². The van der Waals surface area contributed by atoms with Gasteiger partial charge in [-0.05, 0) is 89.0 Å². The number of fused-ring (bicyclic) bond motifs is 4. The van der Waals surface area contributed by atoms with Gasteiger partial charge in [-0.2, -0.15) is 0 Å². The molecule has 1 nitrogen and oxygen atoms in total. The third-order valence-corrected chi connectivity index (χ3v) is 6.40. The summed E-state index contributed by atoms with van der Waals surface area (Å²) < 4.78 is 0. The molecule has 0 bridgehead atoms. The van der Waals surface area contributed by atoms with Crippen molar-refractivity contribution >= 4 is 12.2 Å². The molecule has 3 aliphatic rings. The van der Waals surface area contributed by atoms with Crippen LogP contribution in [-0.4, -0.2) is 13.1 Å².